The molecule has 0 bridgehead atoms. The lowest BCUT2D eigenvalue weighted by molar-refractivity contribution is -0.352. The summed E-state index contributed by atoms with van der Waals surface area (Å²) in [6.07, 6.45) is 1.04. The van der Waals surface area contributed by atoms with Gasteiger partial charge in [-0.2, -0.15) is 0 Å². The molecule has 5 nitrogen and oxygen atoms in total. The second kappa shape index (κ2) is 5.41. The fourth-order valence-electron chi connectivity index (χ4n) is 1.01. The van der Waals surface area contributed by atoms with Crippen LogP contribution in [-0.4, -0.2) is 22.1 Å². The molecule has 0 aromatic heterocycles. The zero-order valence-electron chi connectivity index (χ0n) is 8.59. The third-order valence-electron chi connectivity index (χ3n) is 1.75. The molecule has 0 heterocycles. The predicted octanol–water partition coefficient (Wildman–Crippen LogP) is 0.562. The minimum atomic E-state index is -2.44. The number of aliphatic hydroxyl groups is 2. The van der Waals surface area contributed by atoms with Crippen molar-refractivity contribution in [3.8, 4) is 0 Å². The van der Waals surface area contributed by atoms with Gasteiger partial charge in [0.2, 0.25) is 0 Å². The van der Waals surface area contributed by atoms with Crippen molar-refractivity contribution < 1.29 is 19.8 Å². The van der Waals surface area contributed by atoms with E-state index in [4.69, 9.17) is 10.2 Å². The molecule has 0 unspecified atom stereocenters. The molecule has 0 saturated heterocycles. The molecule has 1 rings (SSSR count). The van der Waals surface area contributed by atoms with Crippen LogP contribution in [0.3, 0.4) is 0 Å². The first-order chi connectivity index (χ1) is 7.55. The first kappa shape index (κ1) is 12.4. The monoisotopic (exact) mass is 223 g/mol. The van der Waals surface area contributed by atoms with Crippen LogP contribution in [0.1, 0.15) is 16.8 Å². The fraction of sp³-hybridized carbons (Fsp3) is 0.182. The van der Waals surface area contributed by atoms with E-state index >= 15 is 0 Å². The van der Waals surface area contributed by atoms with Crippen molar-refractivity contribution >= 4 is 5.91 Å². The van der Waals surface area contributed by atoms with Crippen LogP contribution in [0.5, 0.6) is 0 Å². The molecule has 0 aliphatic rings. The Morgan fingerprint density at radius 2 is 2.06 bits per heavy atom. The third-order valence-corrected chi connectivity index (χ3v) is 1.75. The lowest BCUT2D eigenvalue weighted by Crippen LogP contribution is -2.39. The third kappa shape index (κ3) is 3.82. The number of hydroxylamine groups is 1. The molecule has 0 spiro atoms. The summed E-state index contributed by atoms with van der Waals surface area (Å²) >= 11 is 0. The molecule has 0 radical (unpaired) electrons. The molecule has 3 N–H and O–H groups in total. The van der Waals surface area contributed by atoms with E-state index in [-0.39, 0.29) is 6.42 Å². The molecule has 0 fully saturated rings. The van der Waals surface area contributed by atoms with Crippen molar-refractivity contribution in [2.45, 2.75) is 12.4 Å². The lowest BCUT2D eigenvalue weighted by Gasteiger charge is -2.19. The highest BCUT2D eigenvalue weighted by molar-refractivity contribution is 5.93. The van der Waals surface area contributed by atoms with Gasteiger partial charge in [0.25, 0.3) is 5.91 Å². The van der Waals surface area contributed by atoms with Crippen LogP contribution in [0.2, 0.25) is 0 Å². The first-order valence-corrected chi connectivity index (χ1v) is 4.64. The Labute approximate surface area is 92.9 Å². The molecule has 1 aromatic carbocycles. The molecular formula is C11H13NO4. The van der Waals surface area contributed by atoms with E-state index in [0.717, 1.165) is 0 Å². The summed E-state index contributed by atoms with van der Waals surface area (Å²) in [4.78, 5) is 15.8. The number of carbonyl (C=O) groups is 1. The Balaban J connectivity index is 2.50. The summed E-state index contributed by atoms with van der Waals surface area (Å²) in [5, 5.41) is 18.3. The number of amides is 1. The van der Waals surface area contributed by atoms with Crippen LogP contribution in [0.25, 0.3) is 0 Å². The first-order valence-electron chi connectivity index (χ1n) is 4.64. The number of hydrogen-bond acceptors (Lipinski definition) is 4. The van der Waals surface area contributed by atoms with E-state index in [9.17, 15) is 4.79 Å². The minimum Gasteiger partial charge on any atom is -0.342 e. The molecule has 1 amide bonds. The second-order valence-electron chi connectivity index (χ2n) is 3.14. The Morgan fingerprint density at radius 3 is 2.62 bits per heavy atom. The maximum atomic E-state index is 11.4. The Kier molecular flexibility index (Phi) is 4.19. The topological polar surface area (TPSA) is 78.8 Å². The van der Waals surface area contributed by atoms with E-state index < -0.39 is 11.9 Å². The van der Waals surface area contributed by atoms with Gasteiger partial charge in [-0.05, 0) is 12.1 Å². The van der Waals surface area contributed by atoms with Crippen LogP contribution < -0.4 is 5.48 Å². The van der Waals surface area contributed by atoms with Gasteiger partial charge in [-0.15, -0.1) is 6.58 Å². The SMILES string of the molecule is C=CCC(O)(O)ONC(=O)c1ccccc1. The van der Waals surface area contributed by atoms with Gasteiger partial charge in [0.15, 0.2) is 0 Å². The maximum Gasteiger partial charge on any atom is 0.303 e. The predicted molar refractivity (Wildman–Crippen MR) is 57.0 cm³/mol. The maximum absolute atomic E-state index is 11.4. The zero-order chi connectivity index (χ0) is 12.0. The highest BCUT2D eigenvalue weighted by atomic mass is 16.8. The Morgan fingerprint density at radius 1 is 1.44 bits per heavy atom. The summed E-state index contributed by atoms with van der Waals surface area (Å²) in [7, 11) is 0. The van der Waals surface area contributed by atoms with Crippen molar-refractivity contribution in [1.29, 1.82) is 0 Å². The van der Waals surface area contributed by atoms with Crippen molar-refractivity contribution in [2.75, 3.05) is 0 Å². The average molecular weight is 223 g/mol. The van der Waals surface area contributed by atoms with Gasteiger partial charge < -0.3 is 10.2 Å². The summed E-state index contributed by atoms with van der Waals surface area (Å²) in [5.41, 5.74) is 2.30. The van der Waals surface area contributed by atoms with Crippen molar-refractivity contribution in [1.82, 2.24) is 5.48 Å². The molecule has 86 valence electrons. The minimum absolute atomic E-state index is 0.220. The van der Waals surface area contributed by atoms with Gasteiger partial charge in [0.1, 0.15) is 0 Å². The van der Waals surface area contributed by atoms with E-state index in [2.05, 4.69) is 11.4 Å². The van der Waals surface area contributed by atoms with Gasteiger partial charge >= 0.3 is 5.97 Å². The normalized spacial score (nSPS) is 10.9. The summed E-state index contributed by atoms with van der Waals surface area (Å²) in [6.45, 7) is 3.32. The summed E-state index contributed by atoms with van der Waals surface area (Å²) in [6, 6.07) is 8.27. The van der Waals surface area contributed by atoms with Crippen LogP contribution in [0.4, 0.5) is 0 Å². The zero-order valence-corrected chi connectivity index (χ0v) is 8.59. The molecule has 16 heavy (non-hydrogen) atoms. The Hall–Kier alpha value is -1.69. The van der Waals surface area contributed by atoms with Crippen molar-refractivity contribution in [2.24, 2.45) is 0 Å². The number of carbonyl (C=O) groups excluding carboxylic acids is 1. The smallest absolute Gasteiger partial charge is 0.303 e. The van der Waals surface area contributed by atoms with Crippen LogP contribution >= 0.6 is 0 Å². The fourth-order valence-corrected chi connectivity index (χ4v) is 1.01. The van der Waals surface area contributed by atoms with Gasteiger partial charge in [0, 0.05) is 12.0 Å². The number of rotatable bonds is 5. The van der Waals surface area contributed by atoms with Gasteiger partial charge in [-0.25, -0.2) is 10.3 Å². The lowest BCUT2D eigenvalue weighted by atomic mass is 10.2. The van der Waals surface area contributed by atoms with E-state index in [0.29, 0.717) is 5.56 Å². The second-order valence-corrected chi connectivity index (χ2v) is 3.14. The molecule has 1 aromatic rings. The van der Waals surface area contributed by atoms with Gasteiger partial charge in [-0.1, -0.05) is 24.3 Å². The van der Waals surface area contributed by atoms with E-state index in [1.54, 1.807) is 30.3 Å². The molecule has 0 aliphatic carbocycles. The Bertz CT molecular complexity index is 362. The highest BCUT2D eigenvalue weighted by Crippen LogP contribution is 2.07. The molecule has 5 heteroatoms. The molecular weight excluding hydrogens is 210 g/mol. The van der Waals surface area contributed by atoms with Gasteiger partial charge in [-0.3, -0.25) is 4.79 Å². The van der Waals surface area contributed by atoms with Gasteiger partial charge in [0.05, 0.1) is 0 Å². The summed E-state index contributed by atoms with van der Waals surface area (Å²) < 4.78 is 0. The summed E-state index contributed by atoms with van der Waals surface area (Å²) in [5.74, 6) is -3.00. The number of benzene rings is 1. The van der Waals surface area contributed by atoms with E-state index in [1.807, 2.05) is 5.48 Å². The largest absolute Gasteiger partial charge is 0.342 e. The quantitative estimate of drug-likeness (QED) is 0.387. The standard InChI is InChI=1S/C11H13NO4/c1-2-8-11(14,15)16-12-10(13)9-6-4-3-5-7-9/h2-7,14-15H,1,8H2,(H,12,13). The van der Waals surface area contributed by atoms with Crippen LogP contribution in [-0.2, 0) is 4.84 Å². The number of hydrogen-bond donors (Lipinski definition) is 3. The van der Waals surface area contributed by atoms with Crippen LogP contribution in [0, 0.1) is 0 Å². The molecule has 0 saturated carbocycles. The van der Waals surface area contributed by atoms with Crippen molar-refractivity contribution in [3.05, 3.63) is 48.6 Å². The average Bonchev–Trinajstić information content (AvgIpc) is 2.27. The molecule has 0 aliphatic heterocycles. The van der Waals surface area contributed by atoms with Crippen LogP contribution in [0.15, 0.2) is 43.0 Å². The van der Waals surface area contributed by atoms with E-state index in [1.165, 1.54) is 6.08 Å². The highest BCUT2D eigenvalue weighted by Gasteiger charge is 2.23. The molecule has 0 atom stereocenters. The number of nitrogens with one attached hydrogen (secondary N) is 1. The van der Waals surface area contributed by atoms with Crippen molar-refractivity contribution in [3.63, 3.8) is 0 Å².